The van der Waals surface area contributed by atoms with Crippen LogP contribution in [0.5, 0.6) is 5.75 Å². The average molecular weight is 414 g/mol. The maximum Gasteiger partial charge on any atom is 0.273 e. The first-order chi connectivity index (χ1) is 12.7. The van der Waals surface area contributed by atoms with Crippen molar-refractivity contribution in [1.82, 2.24) is 0 Å². The second kappa shape index (κ2) is 21.4. The summed E-state index contributed by atoms with van der Waals surface area (Å²) in [5, 5.41) is -1.28. The van der Waals surface area contributed by atoms with Gasteiger partial charge in [0, 0.05) is 5.56 Å². The normalized spacial score (nSPS) is 7.59. The molecule has 3 amide bonds. The molecule has 0 spiro atoms. The second-order valence-electron chi connectivity index (χ2n) is 3.92. The summed E-state index contributed by atoms with van der Waals surface area (Å²) in [6.07, 6.45) is 0. The number of hydrogen-bond donors (Lipinski definition) is 5. The van der Waals surface area contributed by atoms with Crippen molar-refractivity contribution in [3.63, 3.8) is 0 Å². The number of carbonyl (C=O) groups excluding carboxylic acids is 3. The lowest BCUT2D eigenvalue weighted by Crippen LogP contribution is -2.10. The lowest BCUT2D eigenvalue weighted by Gasteiger charge is -1.98. The van der Waals surface area contributed by atoms with Crippen LogP contribution < -0.4 is 21.9 Å². The maximum absolute atomic E-state index is 10.6. The predicted molar refractivity (Wildman–Crippen MR) is 116 cm³/mol. The Labute approximate surface area is 171 Å². The Morgan fingerprint density at radius 1 is 0.741 bits per heavy atom. The average Bonchev–Trinajstić information content (AvgIpc) is 2.64. The van der Waals surface area contributed by atoms with Crippen LogP contribution in [0.25, 0.3) is 0 Å². The molecular weight excluding hydrogens is 386 g/mol. The zero-order valence-electron chi connectivity index (χ0n) is 15.5. The first kappa shape index (κ1) is 29.1. The van der Waals surface area contributed by atoms with Crippen LogP contribution in [0.4, 0.5) is 9.59 Å². The quantitative estimate of drug-likeness (QED) is 0.481. The molecule has 6 N–H and O–H groups in total. The summed E-state index contributed by atoms with van der Waals surface area (Å²) in [5.74, 6) is 0.294. The van der Waals surface area contributed by atoms with Gasteiger partial charge in [0.05, 0.1) is 7.11 Å². The summed E-state index contributed by atoms with van der Waals surface area (Å²) >= 11 is 6.21. The highest BCUT2D eigenvalue weighted by Crippen LogP contribution is 2.10. The van der Waals surface area contributed by atoms with Crippen LogP contribution in [0, 0.1) is 0 Å². The Kier molecular flexibility index (Phi) is 23.1. The summed E-state index contributed by atoms with van der Waals surface area (Å²) in [5.41, 5.74) is 14.2. The minimum Gasteiger partial charge on any atom is -0.497 e. The molecule has 2 rings (SSSR count). The van der Waals surface area contributed by atoms with E-state index in [0.717, 1.165) is 5.75 Å². The molecule has 0 heterocycles. The third-order valence-corrected chi connectivity index (χ3v) is 2.04. The lowest BCUT2D eigenvalue weighted by molar-refractivity contribution is 0.1000. The standard InChI is InChI=1S/C8H9NO2.C6H6.C2H6.2CH3NOS/c1-11-7-4-2-6(3-5-7)8(9)10;1-2-4-6-5-3-1;1-2;2*2-1(3)4/h2-5H,1H3,(H2,9,10);1-6H;1-2H3;2*(H3,2,3,4). The molecule has 0 radical (unpaired) electrons. The van der Waals surface area contributed by atoms with E-state index >= 15 is 0 Å². The Bertz CT molecular complexity index is 578. The van der Waals surface area contributed by atoms with Crippen molar-refractivity contribution in [2.45, 2.75) is 13.8 Å². The zero-order chi connectivity index (χ0) is 21.7. The smallest absolute Gasteiger partial charge is 0.273 e. The Morgan fingerprint density at radius 2 is 1.00 bits per heavy atom. The van der Waals surface area contributed by atoms with Gasteiger partial charge in [0.15, 0.2) is 0 Å². The molecule has 2 aromatic carbocycles. The summed E-state index contributed by atoms with van der Waals surface area (Å²) in [6.45, 7) is 4.00. The largest absolute Gasteiger partial charge is 0.497 e. The number of nitrogens with two attached hydrogens (primary N) is 3. The van der Waals surface area contributed by atoms with Gasteiger partial charge in [0.2, 0.25) is 5.91 Å². The van der Waals surface area contributed by atoms with Crippen LogP contribution in [0.1, 0.15) is 24.2 Å². The van der Waals surface area contributed by atoms with E-state index in [1.807, 2.05) is 50.2 Å². The van der Waals surface area contributed by atoms with Gasteiger partial charge in [0.1, 0.15) is 5.75 Å². The summed E-state index contributed by atoms with van der Waals surface area (Å²) in [6, 6.07) is 18.6. The van der Waals surface area contributed by atoms with E-state index in [-0.39, 0.29) is 0 Å². The number of rotatable bonds is 2. The molecule has 0 unspecified atom stereocenters. The molecule has 0 fully saturated rings. The van der Waals surface area contributed by atoms with E-state index in [1.165, 1.54) is 0 Å². The fourth-order valence-corrected chi connectivity index (χ4v) is 1.14. The topological polar surface area (TPSA) is 138 Å². The molecule has 0 aliphatic rings. The van der Waals surface area contributed by atoms with E-state index in [1.54, 1.807) is 31.4 Å². The van der Waals surface area contributed by atoms with Gasteiger partial charge in [-0.15, -0.1) is 0 Å². The van der Waals surface area contributed by atoms with Gasteiger partial charge in [-0.25, -0.2) is 0 Å². The molecule has 2 aromatic rings. The first-order valence-corrected chi connectivity index (χ1v) is 8.50. The number of hydrogen-bond acceptors (Lipinski definition) is 4. The van der Waals surface area contributed by atoms with Gasteiger partial charge in [0.25, 0.3) is 10.5 Å². The van der Waals surface area contributed by atoms with E-state index in [9.17, 15) is 4.79 Å². The lowest BCUT2D eigenvalue weighted by atomic mass is 10.2. The van der Waals surface area contributed by atoms with Gasteiger partial charge >= 0.3 is 0 Å². The predicted octanol–water partition coefficient (Wildman–Crippen LogP) is 3.50. The molecule has 0 aliphatic heterocycles. The van der Waals surface area contributed by atoms with Gasteiger partial charge in [-0.2, -0.15) is 0 Å². The highest BCUT2D eigenvalue weighted by Gasteiger charge is 1.98. The van der Waals surface area contributed by atoms with Crippen LogP contribution in [0.15, 0.2) is 60.7 Å². The van der Waals surface area contributed by atoms with Crippen molar-refractivity contribution in [3.8, 4) is 5.75 Å². The molecule has 7 nitrogen and oxygen atoms in total. The number of methoxy groups -OCH3 is 1. The van der Waals surface area contributed by atoms with Gasteiger partial charge < -0.3 is 21.9 Å². The Morgan fingerprint density at radius 3 is 1.19 bits per heavy atom. The molecule has 0 atom stereocenters. The zero-order valence-corrected chi connectivity index (χ0v) is 17.3. The Hall–Kier alpha value is -2.65. The molecule has 0 bridgehead atoms. The second-order valence-corrected chi connectivity index (χ2v) is 4.81. The summed E-state index contributed by atoms with van der Waals surface area (Å²) < 4.78 is 4.90. The van der Waals surface area contributed by atoms with Crippen molar-refractivity contribution >= 4 is 41.6 Å². The number of thiol groups is 2. The minimum atomic E-state index is -0.639. The third-order valence-electron chi connectivity index (χ3n) is 2.04. The van der Waals surface area contributed by atoms with E-state index < -0.39 is 16.4 Å². The van der Waals surface area contributed by atoms with E-state index in [2.05, 4.69) is 36.7 Å². The highest BCUT2D eigenvalue weighted by atomic mass is 32.1. The molecule has 0 aromatic heterocycles. The molecule has 150 valence electrons. The van der Waals surface area contributed by atoms with Gasteiger partial charge in [-0.05, 0) is 24.3 Å². The number of carbonyl (C=O) groups is 3. The highest BCUT2D eigenvalue weighted by molar-refractivity contribution is 7.96. The third kappa shape index (κ3) is 28.4. The van der Waals surface area contributed by atoms with Crippen LogP contribution in [-0.4, -0.2) is 23.5 Å². The van der Waals surface area contributed by atoms with Crippen molar-refractivity contribution in [3.05, 3.63) is 66.2 Å². The van der Waals surface area contributed by atoms with Crippen LogP contribution >= 0.6 is 25.3 Å². The molecular formula is C18H27N3O4S2. The monoisotopic (exact) mass is 413 g/mol. The fourth-order valence-electron chi connectivity index (χ4n) is 1.14. The number of ether oxygens (including phenoxy) is 1. The van der Waals surface area contributed by atoms with Crippen molar-refractivity contribution in [2.75, 3.05) is 7.11 Å². The number of benzene rings is 2. The van der Waals surface area contributed by atoms with E-state index in [0.29, 0.717) is 5.56 Å². The number of primary amides is 3. The van der Waals surface area contributed by atoms with Crippen molar-refractivity contribution < 1.29 is 19.1 Å². The first-order valence-electron chi connectivity index (χ1n) is 7.61. The maximum atomic E-state index is 10.6. The SMILES string of the molecule is CC.COc1ccc(C(N)=O)cc1.NC(=O)S.NC(=O)S.c1ccccc1. The van der Waals surface area contributed by atoms with Crippen LogP contribution in [-0.2, 0) is 0 Å². The molecule has 0 saturated carbocycles. The summed E-state index contributed by atoms with van der Waals surface area (Å²) in [4.78, 5) is 28.8. The molecule has 9 heteroatoms. The fraction of sp³-hybridized carbons (Fsp3) is 0.167. The van der Waals surface area contributed by atoms with Gasteiger partial charge in [-0.3, -0.25) is 14.4 Å². The van der Waals surface area contributed by atoms with Crippen LogP contribution in [0.2, 0.25) is 0 Å². The molecule has 0 saturated heterocycles. The van der Waals surface area contributed by atoms with Crippen molar-refractivity contribution in [1.29, 1.82) is 0 Å². The molecule has 0 aliphatic carbocycles. The van der Waals surface area contributed by atoms with Gasteiger partial charge in [-0.1, -0.05) is 75.5 Å². The van der Waals surface area contributed by atoms with Crippen LogP contribution in [0.3, 0.4) is 0 Å². The Balaban J connectivity index is -0.000000306. The van der Waals surface area contributed by atoms with E-state index in [4.69, 9.17) is 20.1 Å². The minimum absolute atomic E-state index is 0.423. The number of amides is 3. The van der Waals surface area contributed by atoms with Crippen molar-refractivity contribution in [2.24, 2.45) is 17.2 Å². The summed E-state index contributed by atoms with van der Waals surface area (Å²) in [7, 11) is 1.57. The molecule has 27 heavy (non-hydrogen) atoms.